The summed E-state index contributed by atoms with van der Waals surface area (Å²) in [5.41, 5.74) is -0.196. The fraction of sp³-hybridized carbons (Fsp3) is 0.579. The van der Waals surface area contributed by atoms with Gasteiger partial charge in [-0.05, 0) is 25.3 Å². The van der Waals surface area contributed by atoms with E-state index in [1.807, 2.05) is 0 Å². The summed E-state index contributed by atoms with van der Waals surface area (Å²) in [7, 11) is 5.67. The van der Waals surface area contributed by atoms with Crippen LogP contribution >= 0.6 is 0 Å². The lowest BCUT2D eigenvalue weighted by molar-refractivity contribution is -0.386. The predicted molar refractivity (Wildman–Crippen MR) is 104 cm³/mol. The molecule has 0 aliphatic heterocycles. The number of esters is 1. The minimum absolute atomic E-state index is 0.0894. The fourth-order valence-corrected chi connectivity index (χ4v) is 2.74. The molecule has 162 valence electrons. The van der Waals surface area contributed by atoms with E-state index in [9.17, 15) is 24.8 Å². The van der Waals surface area contributed by atoms with E-state index < -0.39 is 11.0 Å². The van der Waals surface area contributed by atoms with E-state index in [0.717, 1.165) is 0 Å². The molecule has 29 heavy (non-hydrogen) atoms. The summed E-state index contributed by atoms with van der Waals surface area (Å²) < 4.78 is 14.8. The summed E-state index contributed by atoms with van der Waals surface area (Å²) in [5, 5.41) is 21.8. The van der Waals surface area contributed by atoms with E-state index in [-0.39, 0.29) is 60.4 Å². The third-order valence-electron chi connectivity index (χ3n) is 4.50. The number of carbonyl (C=O) groups excluding carboxylic acids is 2. The highest BCUT2D eigenvalue weighted by molar-refractivity contribution is 5.76. The highest BCUT2D eigenvalue weighted by Gasteiger charge is 2.25. The lowest BCUT2D eigenvalue weighted by Crippen LogP contribution is -2.28. The molecule has 1 amide bonds. The zero-order chi connectivity index (χ0) is 22.0. The number of unbranched alkanes of at least 4 members (excludes halogenated alkanes) is 1. The van der Waals surface area contributed by atoms with E-state index >= 15 is 0 Å². The van der Waals surface area contributed by atoms with Crippen molar-refractivity contribution in [2.45, 2.75) is 38.2 Å². The maximum atomic E-state index is 12.1. The first kappa shape index (κ1) is 24.2. The number of hydrogen-bond donors (Lipinski definition) is 1. The fourth-order valence-electron chi connectivity index (χ4n) is 2.74. The standard InChI is InChI=1S/C19H28N2O8/c1-20(18(23)7-5-6-8-19(24)29-4)10-9-15(22)13-11-16(27-2)17(28-3)12-14(13)21(25)26/h11-12,15,22H,5-10H2,1-4H3. The number of benzene rings is 1. The molecule has 1 unspecified atom stereocenters. The maximum absolute atomic E-state index is 12.1. The van der Waals surface area contributed by atoms with Gasteiger partial charge in [-0.15, -0.1) is 0 Å². The van der Waals surface area contributed by atoms with E-state index in [1.54, 1.807) is 7.05 Å². The molecule has 0 bridgehead atoms. The number of aliphatic hydroxyl groups excluding tert-OH is 1. The van der Waals surface area contributed by atoms with Gasteiger partial charge in [-0.25, -0.2) is 0 Å². The van der Waals surface area contributed by atoms with E-state index in [4.69, 9.17) is 9.47 Å². The zero-order valence-electron chi connectivity index (χ0n) is 17.2. The molecule has 0 radical (unpaired) electrons. The van der Waals surface area contributed by atoms with Crippen molar-refractivity contribution in [3.05, 3.63) is 27.8 Å². The Morgan fingerprint density at radius 2 is 1.72 bits per heavy atom. The first-order chi connectivity index (χ1) is 13.7. The summed E-state index contributed by atoms with van der Waals surface area (Å²) in [6.45, 7) is 0.211. The number of hydrogen-bond acceptors (Lipinski definition) is 8. The number of nitrogens with zero attached hydrogens (tertiary/aromatic N) is 2. The number of carbonyl (C=O) groups is 2. The van der Waals surface area contributed by atoms with Gasteiger partial charge in [0.05, 0.1) is 44.0 Å². The van der Waals surface area contributed by atoms with Crippen molar-refractivity contribution in [3.63, 3.8) is 0 Å². The minimum atomic E-state index is -1.16. The quantitative estimate of drug-likeness (QED) is 0.239. The number of amides is 1. The molecule has 0 heterocycles. The summed E-state index contributed by atoms with van der Waals surface area (Å²) >= 11 is 0. The third kappa shape index (κ3) is 7.22. The van der Waals surface area contributed by atoms with Crippen molar-refractivity contribution in [1.29, 1.82) is 0 Å². The molecule has 1 atom stereocenters. The van der Waals surface area contributed by atoms with Gasteiger partial charge in [-0.1, -0.05) is 0 Å². The molecule has 0 aromatic heterocycles. The molecule has 0 fully saturated rings. The molecule has 0 spiro atoms. The van der Waals surface area contributed by atoms with Gasteiger partial charge in [0, 0.05) is 26.4 Å². The number of aliphatic hydroxyl groups is 1. The van der Waals surface area contributed by atoms with Crippen LogP contribution in [0.4, 0.5) is 5.69 Å². The second-order valence-corrected chi connectivity index (χ2v) is 6.43. The predicted octanol–water partition coefficient (Wildman–Crippen LogP) is 2.23. The topological polar surface area (TPSA) is 128 Å². The SMILES string of the molecule is COC(=O)CCCCC(=O)N(C)CCC(O)c1cc(OC)c(OC)cc1[N+](=O)[O-]. The molecular formula is C19H28N2O8. The molecular weight excluding hydrogens is 384 g/mol. The van der Waals surface area contributed by atoms with Crippen LogP contribution in [0.25, 0.3) is 0 Å². The van der Waals surface area contributed by atoms with Gasteiger partial charge in [0.2, 0.25) is 5.91 Å². The number of nitro benzene ring substituents is 1. The van der Waals surface area contributed by atoms with Crippen molar-refractivity contribution in [3.8, 4) is 11.5 Å². The summed E-state index contributed by atoms with van der Waals surface area (Å²) in [5.74, 6) is 0.00547. The Labute approximate surface area is 169 Å². The summed E-state index contributed by atoms with van der Waals surface area (Å²) in [4.78, 5) is 35.4. The van der Waals surface area contributed by atoms with Crippen molar-refractivity contribution in [2.24, 2.45) is 0 Å². The van der Waals surface area contributed by atoms with Crippen LogP contribution in [-0.2, 0) is 14.3 Å². The molecule has 10 heteroatoms. The average molecular weight is 412 g/mol. The van der Waals surface area contributed by atoms with Crippen LogP contribution in [0.15, 0.2) is 12.1 Å². The number of ether oxygens (including phenoxy) is 3. The van der Waals surface area contributed by atoms with E-state index in [2.05, 4.69) is 4.74 Å². The molecule has 0 aliphatic rings. The molecule has 1 aromatic carbocycles. The first-order valence-corrected chi connectivity index (χ1v) is 9.14. The lowest BCUT2D eigenvalue weighted by Gasteiger charge is -2.20. The highest BCUT2D eigenvalue weighted by Crippen LogP contribution is 2.38. The molecule has 10 nitrogen and oxygen atoms in total. The average Bonchev–Trinajstić information content (AvgIpc) is 2.72. The van der Waals surface area contributed by atoms with Gasteiger partial charge in [0.25, 0.3) is 5.69 Å². The first-order valence-electron chi connectivity index (χ1n) is 9.14. The van der Waals surface area contributed by atoms with Crippen LogP contribution < -0.4 is 9.47 Å². The summed E-state index contributed by atoms with van der Waals surface area (Å²) in [6, 6.07) is 2.57. The minimum Gasteiger partial charge on any atom is -0.493 e. The number of nitro groups is 1. The van der Waals surface area contributed by atoms with Gasteiger partial charge in [0.1, 0.15) is 0 Å². The van der Waals surface area contributed by atoms with Crippen LogP contribution in [0, 0.1) is 10.1 Å². The molecule has 0 saturated carbocycles. The second-order valence-electron chi connectivity index (χ2n) is 6.43. The smallest absolute Gasteiger partial charge is 0.305 e. The van der Waals surface area contributed by atoms with Gasteiger partial charge in [-0.2, -0.15) is 0 Å². The van der Waals surface area contributed by atoms with E-state index in [0.29, 0.717) is 12.8 Å². The summed E-state index contributed by atoms with van der Waals surface area (Å²) in [6.07, 6.45) is 0.565. The van der Waals surface area contributed by atoms with Crippen molar-refractivity contribution in [2.75, 3.05) is 34.9 Å². The van der Waals surface area contributed by atoms with Gasteiger partial charge >= 0.3 is 5.97 Å². The van der Waals surface area contributed by atoms with Crippen LogP contribution in [0.2, 0.25) is 0 Å². The molecule has 0 saturated heterocycles. The Bertz CT molecular complexity index is 722. The molecule has 1 aromatic rings. The molecule has 0 aliphatic carbocycles. The number of methoxy groups -OCH3 is 3. The zero-order valence-corrected chi connectivity index (χ0v) is 17.2. The van der Waals surface area contributed by atoms with Crippen LogP contribution in [0.1, 0.15) is 43.8 Å². The normalized spacial score (nSPS) is 11.5. The monoisotopic (exact) mass is 412 g/mol. The Morgan fingerprint density at radius 1 is 1.14 bits per heavy atom. The lowest BCUT2D eigenvalue weighted by atomic mass is 10.0. The van der Waals surface area contributed by atoms with Gasteiger partial charge < -0.3 is 24.2 Å². The van der Waals surface area contributed by atoms with E-state index in [1.165, 1.54) is 38.4 Å². The van der Waals surface area contributed by atoms with Gasteiger partial charge in [0.15, 0.2) is 11.5 Å². The maximum Gasteiger partial charge on any atom is 0.305 e. The Balaban J connectivity index is 2.69. The Morgan fingerprint density at radius 3 is 2.28 bits per heavy atom. The third-order valence-corrected chi connectivity index (χ3v) is 4.50. The Kier molecular flexibility index (Phi) is 9.87. The van der Waals surface area contributed by atoms with Gasteiger partial charge in [-0.3, -0.25) is 19.7 Å². The van der Waals surface area contributed by atoms with Crippen molar-refractivity contribution < 1.29 is 33.8 Å². The van der Waals surface area contributed by atoms with Crippen molar-refractivity contribution >= 4 is 17.6 Å². The largest absolute Gasteiger partial charge is 0.493 e. The van der Waals surface area contributed by atoms with Crippen molar-refractivity contribution in [1.82, 2.24) is 4.90 Å². The molecule has 1 N–H and O–H groups in total. The number of rotatable bonds is 12. The van der Waals surface area contributed by atoms with Crippen LogP contribution in [0.5, 0.6) is 11.5 Å². The highest BCUT2D eigenvalue weighted by atomic mass is 16.6. The second kappa shape index (κ2) is 11.8. The molecule has 1 rings (SSSR count). The van der Waals surface area contributed by atoms with Crippen LogP contribution in [0.3, 0.4) is 0 Å². The Hall–Kier alpha value is -2.88. The van der Waals surface area contributed by atoms with Crippen LogP contribution in [-0.4, -0.2) is 61.7 Å².